The summed E-state index contributed by atoms with van der Waals surface area (Å²) in [5, 5.41) is 6.68. The largest absolute Gasteiger partial charge is 0.455 e. The predicted octanol–water partition coefficient (Wildman–Crippen LogP) is 2.41. The van der Waals surface area contributed by atoms with Crippen LogP contribution in [0.25, 0.3) is 10.6 Å². The number of carbonyl (C=O) groups is 1. The lowest BCUT2D eigenvalue weighted by Crippen LogP contribution is -2.40. The predicted molar refractivity (Wildman–Crippen MR) is 100 cm³/mol. The zero-order valence-electron chi connectivity index (χ0n) is 13.4. The average molecular weight is 407 g/mol. The number of nitrogens with zero attached hydrogens (tertiary/aromatic N) is 3. The molecule has 2 aliphatic heterocycles. The minimum absolute atomic E-state index is 0.0144. The van der Waals surface area contributed by atoms with Crippen molar-refractivity contribution in [2.45, 2.75) is 6.61 Å². The van der Waals surface area contributed by atoms with Crippen LogP contribution in [0.2, 0.25) is 0 Å². The molecule has 10 heteroatoms. The van der Waals surface area contributed by atoms with E-state index < -0.39 is 16.0 Å². The first-order valence-corrected chi connectivity index (χ1v) is 11.1. The second-order valence-corrected chi connectivity index (χ2v) is 8.94. The van der Waals surface area contributed by atoms with Gasteiger partial charge in [0.25, 0.3) is 10.0 Å². The van der Waals surface area contributed by atoms with Gasteiger partial charge in [-0.2, -0.15) is 11.3 Å². The fourth-order valence-electron chi connectivity index (χ4n) is 2.48. The SMILES string of the molecule is O=C(OCc1csc(-c2ccsc2)n1)C1=CC=CN2CCS(=O)(=O)N=C12. The third-order valence-corrected chi connectivity index (χ3v) is 6.52. The van der Waals surface area contributed by atoms with E-state index >= 15 is 0 Å². The maximum atomic E-state index is 12.4. The number of esters is 1. The van der Waals surface area contributed by atoms with Gasteiger partial charge in [-0.1, -0.05) is 0 Å². The van der Waals surface area contributed by atoms with E-state index in [1.54, 1.807) is 28.5 Å². The molecule has 0 saturated carbocycles. The summed E-state index contributed by atoms with van der Waals surface area (Å²) in [5.41, 5.74) is 1.81. The molecule has 0 unspecified atom stereocenters. The quantitative estimate of drug-likeness (QED) is 0.723. The van der Waals surface area contributed by atoms with Crippen molar-refractivity contribution in [2.24, 2.45) is 4.40 Å². The number of allylic oxidation sites excluding steroid dienone is 2. The summed E-state index contributed by atoms with van der Waals surface area (Å²) in [6.45, 7) is 0.277. The molecule has 0 spiro atoms. The first kappa shape index (κ1) is 17.1. The summed E-state index contributed by atoms with van der Waals surface area (Å²) in [6.07, 6.45) is 4.87. The molecule has 0 bridgehead atoms. The van der Waals surface area contributed by atoms with E-state index in [9.17, 15) is 13.2 Å². The minimum atomic E-state index is -3.55. The Labute approximate surface area is 158 Å². The molecule has 2 aromatic rings. The number of hydrogen-bond donors (Lipinski definition) is 0. The molecule has 0 N–H and O–H groups in total. The van der Waals surface area contributed by atoms with E-state index in [1.165, 1.54) is 17.4 Å². The molecule has 7 nitrogen and oxygen atoms in total. The van der Waals surface area contributed by atoms with E-state index in [0.717, 1.165) is 10.6 Å². The van der Waals surface area contributed by atoms with Crippen LogP contribution >= 0.6 is 22.7 Å². The van der Waals surface area contributed by atoms with Gasteiger partial charge in [-0.15, -0.1) is 15.7 Å². The summed E-state index contributed by atoms with van der Waals surface area (Å²) in [7, 11) is -3.55. The van der Waals surface area contributed by atoms with Gasteiger partial charge in [0, 0.05) is 29.1 Å². The molecule has 4 heterocycles. The van der Waals surface area contributed by atoms with Gasteiger partial charge >= 0.3 is 5.97 Å². The third kappa shape index (κ3) is 3.48. The van der Waals surface area contributed by atoms with Crippen molar-refractivity contribution in [3.05, 3.63) is 51.8 Å². The van der Waals surface area contributed by atoms with Crippen molar-refractivity contribution in [3.8, 4) is 10.6 Å². The summed E-state index contributed by atoms with van der Waals surface area (Å²) in [4.78, 5) is 18.5. The van der Waals surface area contributed by atoms with E-state index in [0.29, 0.717) is 5.69 Å². The summed E-state index contributed by atoms with van der Waals surface area (Å²) < 4.78 is 32.5. The first-order chi connectivity index (χ1) is 12.5. The van der Waals surface area contributed by atoms with E-state index in [4.69, 9.17) is 4.74 Å². The number of aromatic nitrogens is 1. The average Bonchev–Trinajstić information content (AvgIpc) is 3.29. The Hall–Kier alpha value is -2.30. The molecule has 134 valence electrons. The Balaban J connectivity index is 1.47. The lowest BCUT2D eigenvalue weighted by molar-refractivity contribution is -0.139. The molecule has 0 atom stereocenters. The molecule has 0 fully saturated rings. The van der Waals surface area contributed by atoms with Gasteiger partial charge in [0.2, 0.25) is 0 Å². The highest BCUT2D eigenvalue weighted by Gasteiger charge is 2.30. The monoisotopic (exact) mass is 407 g/mol. The summed E-state index contributed by atoms with van der Waals surface area (Å²) >= 11 is 3.07. The van der Waals surface area contributed by atoms with Crippen LogP contribution in [0.3, 0.4) is 0 Å². The van der Waals surface area contributed by atoms with Crippen LogP contribution in [0.4, 0.5) is 0 Å². The molecule has 2 aliphatic rings. The van der Waals surface area contributed by atoms with E-state index in [2.05, 4.69) is 9.38 Å². The fraction of sp³-hybridized carbons (Fsp3) is 0.188. The van der Waals surface area contributed by atoms with Crippen LogP contribution in [0.5, 0.6) is 0 Å². The highest BCUT2D eigenvalue weighted by Crippen LogP contribution is 2.26. The second-order valence-electron chi connectivity index (χ2n) is 5.55. The van der Waals surface area contributed by atoms with Crippen molar-refractivity contribution in [1.82, 2.24) is 9.88 Å². The van der Waals surface area contributed by atoms with Crippen molar-refractivity contribution >= 4 is 44.5 Å². The Kier molecular flexibility index (Phi) is 4.47. The van der Waals surface area contributed by atoms with Crippen molar-refractivity contribution in [1.29, 1.82) is 0 Å². The number of amidine groups is 1. The molecule has 0 radical (unpaired) electrons. The zero-order chi connectivity index (χ0) is 18.1. The number of carbonyl (C=O) groups excluding carboxylic acids is 1. The number of thiophene rings is 1. The van der Waals surface area contributed by atoms with Crippen LogP contribution in [0.1, 0.15) is 5.69 Å². The van der Waals surface area contributed by atoms with Gasteiger partial charge in [-0.05, 0) is 23.6 Å². The molecule has 0 aromatic carbocycles. The lowest BCUT2D eigenvalue weighted by atomic mass is 10.1. The highest BCUT2D eigenvalue weighted by atomic mass is 32.2. The van der Waals surface area contributed by atoms with Gasteiger partial charge in [-0.3, -0.25) is 0 Å². The Morgan fingerprint density at radius 3 is 3.04 bits per heavy atom. The topological polar surface area (TPSA) is 88.9 Å². The van der Waals surface area contributed by atoms with Crippen molar-refractivity contribution in [3.63, 3.8) is 0 Å². The van der Waals surface area contributed by atoms with Gasteiger partial charge in [0.1, 0.15) is 17.2 Å². The maximum Gasteiger partial charge on any atom is 0.342 e. The number of ether oxygens (including phenoxy) is 1. The van der Waals surface area contributed by atoms with Gasteiger partial charge < -0.3 is 9.64 Å². The molecular weight excluding hydrogens is 394 g/mol. The Morgan fingerprint density at radius 2 is 2.23 bits per heavy atom. The first-order valence-electron chi connectivity index (χ1n) is 7.64. The molecule has 2 aromatic heterocycles. The molecule has 26 heavy (non-hydrogen) atoms. The summed E-state index contributed by atoms with van der Waals surface area (Å²) in [6, 6.07) is 1.98. The number of thiazole rings is 1. The van der Waals surface area contributed by atoms with Crippen LogP contribution in [0.15, 0.2) is 50.5 Å². The van der Waals surface area contributed by atoms with E-state index in [-0.39, 0.29) is 30.3 Å². The Morgan fingerprint density at radius 1 is 1.35 bits per heavy atom. The normalized spacial score (nSPS) is 18.1. The van der Waals surface area contributed by atoms with Crippen LogP contribution in [0, 0.1) is 0 Å². The van der Waals surface area contributed by atoms with Gasteiger partial charge in [0.05, 0.1) is 11.4 Å². The van der Waals surface area contributed by atoms with E-state index in [1.807, 2.05) is 22.2 Å². The molecular formula is C16H13N3O4S3. The van der Waals surface area contributed by atoms with Gasteiger partial charge in [-0.25, -0.2) is 18.2 Å². The van der Waals surface area contributed by atoms with Crippen molar-refractivity contribution in [2.75, 3.05) is 12.3 Å². The Bertz CT molecular complexity index is 1030. The van der Waals surface area contributed by atoms with Gasteiger partial charge in [0.15, 0.2) is 5.84 Å². The number of sulfonamides is 1. The van der Waals surface area contributed by atoms with Crippen molar-refractivity contribution < 1.29 is 17.9 Å². The molecule has 0 saturated heterocycles. The minimum Gasteiger partial charge on any atom is -0.455 e. The number of hydrogen-bond acceptors (Lipinski definition) is 8. The molecule has 0 amide bonds. The third-order valence-electron chi connectivity index (χ3n) is 3.75. The smallest absolute Gasteiger partial charge is 0.342 e. The maximum absolute atomic E-state index is 12.4. The fourth-order valence-corrected chi connectivity index (χ4v) is 4.99. The molecule has 4 rings (SSSR count). The van der Waals surface area contributed by atoms with Crippen LogP contribution < -0.4 is 0 Å². The van der Waals surface area contributed by atoms with Crippen LogP contribution in [-0.2, 0) is 26.2 Å². The summed E-state index contributed by atoms with van der Waals surface area (Å²) in [5.74, 6) is -0.589. The molecule has 0 aliphatic carbocycles. The standard InChI is InChI=1S/C16H13N3O4S3/c20-16(13-2-1-4-19-5-7-26(21,22)18-14(13)19)23-8-12-10-25-15(17-12)11-3-6-24-9-11/h1-4,6,9-10H,5,7-8H2. The number of fused-ring (bicyclic) bond motifs is 1. The lowest BCUT2D eigenvalue weighted by Gasteiger charge is -2.28. The zero-order valence-corrected chi connectivity index (χ0v) is 15.8. The van der Waals surface area contributed by atoms with Crippen LogP contribution in [-0.4, -0.2) is 42.4 Å². The highest BCUT2D eigenvalue weighted by molar-refractivity contribution is 7.90. The second kappa shape index (κ2) is 6.78. The number of rotatable bonds is 4.